The fourth-order valence-electron chi connectivity index (χ4n) is 2.42. The minimum atomic E-state index is -0.904. The average molecular weight is 385 g/mol. The van der Waals surface area contributed by atoms with Gasteiger partial charge in [0.05, 0.1) is 24.1 Å². The summed E-state index contributed by atoms with van der Waals surface area (Å²) >= 11 is 0. The van der Waals surface area contributed by atoms with Gasteiger partial charge < -0.3 is 20.6 Å². The summed E-state index contributed by atoms with van der Waals surface area (Å²) in [6, 6.07) is 1.26. The third-order valence-electron chi connectivity index (χ3n) is 3.89. The van der Waals surface area contributed by atoms with Gasteiger partial charge in [-0.3, -0.25) is 4.79 Å². The lowest BCUT2D eigenvalue weighted by Gasteiger charge is -2.16. The zero-order chi connectivity index (χ0) is 20.3. The van der Waals surface area contributed by atoms with E-state index in [9.17, 15) is 14.3 Å². The maximum atomic E-state index is 14.3. The number of halogens is 1. The number of aromatic nitrogens is 4. The molecule has 0 saturated carbocycles. The molecule has 0 aliphatic rings. The van der Waals surface area contributed by atoms with Crippen LogP contribution in [-0.2, 0) is 4.79 Å². The second-order valence-corrected chi connectivity index (χ2v) is 6.85. The topological polar surface area (TPSA) is 127 Å². The molecule has 3 rings (SSSR count). The first kappa shape index (κ1) is 19.4. The number of pyridine rings is 1. The van der Waals surface area contributed by atoms with Crippen LogP contribution in [0.5, 0.6) is 5.88 Å². The highest BCUT2D eigenvalue weighted by atomic mass is 19.1. The number of rotatable bonds is 7. The van der Waals surface area contributed by atoms with Gasteiger partial charge in [0, 0.05) is 36.0 Å². The number of H-pyrrole nitrogens is 1. The van der Waals surface area contributed by atoms with E-state index in [1.165, 1.54) is 30.6 Å². The largest absolute Gasteiger partial charge is 0.475 e. The van der Waals surface area contributed by atoms with Crippen LogP contribution >= 0.6 is 0 Å². The van der Waals surface area contributed by atoms with E-state index in [4.69, 9.17) is 10.5 Å². The summed E-state index contributed by atoms with van der Waals surface area (Å²) in [4.78, 5) is 26.6. The highest BCUT2D eigenvalue weighted by Gasteiger charge is 2.15. The first-order chi connectivity index (χ1) is 13.2. The number of hydrogen-bond donors (Lipinski definition) is 3. The molecule has 3 aromatic rings. The molecule has 4 N–H and O–H groups in total. The van der Waals surface area contributed by atoms with Crippen LogP contribution in [0.3, 0.4) is 0 Å². The van der Waals surface area contributed by atoms with Gasteiger partial charge in [0.2, 0.25) is 11.8 Å². The fourth-order valence-corrected chi connectivity index (χ4v) is 2.42. The van der Waals surface area contributed by atoms with Crippen LogP contribution in [0, 0.1) is 5.82 Å². The molecule has 146 valence electrons. The summed E-state index contributed by atoms with van der Waals surface area (Å²) < 4.78 is 19.6. The smallest absolute Gasteiger partial charge is 0.250 e. The molecular weight excluding hydrogens is 365 g/mol. The van der Waals surface area contributed by atoms with Gasteiger partial charge in [0.1, 0.15) is 5.52 Å². The Morgan fingerprint density at radius 3 is 2.86 bits per heavy atom. The van der Waals surface area contributed by atoms with E-state index in [0.29, 0.717) is 34.4 Å². The number of ether oxygens (including phenoxy) is 1. The highest BCUT2D eigenvalue weighted by Crippen LogP contribution is 2.24. The molecule has 0 spiro atoms. The Bertz CT molecular complexity index is 1040. The standard InChI is InChI=1S/C19H20FN5O3/c1-19(2,27)5-6-28-18-13(20)7-12(9-24-18)14-10-23-17-16(25-14)11(8-22-17)3-4-15(21)26/h3-4,7-10,27H,5-6H2,1-2H3,(H2,21,26)(H,22,23). The summed E-state index contributed by atoms with van der Waals surface area (Å²) in [6.45, 7) is 3.43. The predicted molar refractivity (Wildman–Crippen MR) is 102 cm³/mol. The Balaban J connectivity index is 1.85. The molecule has 28 heavy (non-hydrogen) atoms. The molecule has 1 amide bonds. The number of aromatic amines is 1. The SMILES string of the molecule is CC(C)(O)CCOc1ncc(-c2cnc3[nH]cc(C=CC(N)=O)c3n2)cc1F. The molecule has 0 aliphatic carbocycles. The lowest BCUT2D eigenvalue weighted by atomic mass is 10.1. The van der Waals surface area contributed by atoms with Gasteiger partial charge in [0.15, 0.2) is 11.5 Å². The van der Waals surface area contributed by atoms with Crippen molar-refractivity contribution >= 4 is 23.1 Å². The molecule has 0 unspecified atom stereocenters. The van der Waals surface area contributed by atoms with Crippen molar-refractivity contribution in [2.75, 3.05) is 6.61 Å². The van der Waals surface area contributed by atoms with Crippen LogP contribution in [0.2, 0.25) is 0 Å². The van der Waals surface area contributed by atoms with Crippen molar-refractivity contribution in [2.45, 2.75) is 25.9 Å². The molecule has 0 fully saturated rings. The van der Waals surface area contributed by atoms with E-state index >= 15 is 0 Å². The molecule has 0 atom stereocenters. The molecule has 0 bridgehead atoms. The third kappa shape index (κ3) is 4.68. The monoisotopic (exact) mass is 385 g/mol. The van der Waals surface area contributed by atoms with E-state index in [1.54, 1.807) is 20.0 Å². The van der Waals surface area contributed by atoms with Crippen LogP contribution in [0.25, 0.3) is 28.5 Å². The van der Waals surface area contributed by atoms with Crippen LogP contribution in [0.1, 0.15) is 25.8 Å². The van der Waals surface area contributed by atoms with Crippen molar-refractivity contribution < 1.29 is 19.0 Å². The number of aliphatic hydroxyl groups is 1. The van der Waals surface area contributed by atoms with E-state index in [0.717, 1.165) is 0 Å². The number of hydrogen-bond acceptors (Lipinski definition) is 6. The van der Waals surface area contributed by atoms with Gasteiger partial charge >= 0.3 is 0 Å². The summed E-state index contributed by atoms with van der Waals surface area (Å²) in [5, 5.41) is 9.68. The zero-order valence-electron chi connectivity index (χ0n) is 15.4. The molecular formula is C19H20FN5O3. The van der Waals surface area contributed by atoms with Crippen molar-refractivity contribution in [3.05, 3.63) is 42.1 Å². The van der Waals surface area contributed by atoms with Gasteiger partial charge in [-0.15, -0.1) is 0 Å². The Hall–Kier alpha value is -3.33. The number of nitrogens with one attached hydrogen (secondary N) is 1. The van der Waals surface area contributed by atoms with Crippen molar-refractivity contribution in [1.82, 2.24) is 19.9 Å². The van der Waals surface area contributed by atoms with Crippen LogP contribution in [-0.4, -0.2) is 43.2 Å². The Morgan fingerprint density at radius 2 is 2.18 bits per heavy atom. The molecule has 0 saturated heterocycles. The Labute approximate surface area is 160 Å². The number of nitrogens with two attached hydrogens (primary N) is 1. The molecule has 3 aromatic heterocycles. The summed E-state index contributed by atoms with van der Waals surface area (Å²) in [5.74, 6) is -1.36. The number of nitrogens with zero attached hydrogens (tertiary/aromatic N) is 3. The van der Waals surface area contributed by atoms with E-state index < -0.39 is 17.3 Å². The molecule has 3 heterocycles. The lowest BCUT2D eigenvalue weighted by molar-refractivity contribution is -0.113. The van der Waals surface area contributed by atoms with Crippen LogP contribution in [0.4, 0.5) is 4.39 Å². The predicted octanol–water partition coefficient (Wildman–Crippen LogP) is 2.20. The van der Waals surface area contributed by atoms with Crippen LogP contribution in [0.15, 0.2) is 30.7 Å². The first-order valence-corrected chi connectivity index (χ1v) is 8.56. The number of carbonyl (C=O) groups is 1. The minimum Gasteiger partial charge on any atom is -0.475 e. The molecule has 0 radical (unpaired) electrons. The van der Waals surface area contributed by atoms with Gasteiger partial charge in [-0.2, -0.15) is 0 Å². The minimum absolute atomic E-state index is 0.136. The fraction of sp³-hybridized carbons (Fsp3) is 0.263. The molecule has 0 aromatic carbocycles. The van der Waals surface area contributed by atoms with Gasteiger partial charge in [-0.1, -0.05) is 0 Å². The maximum absolute atomic E-state index is 14.3. The number of carbonyl (C=O) groups excluding carboxylic acids is 1. The van der Waals surface area contributed by atoms with E-state index in [-0.39, 0.29) is 12.5 Å². The summed E-state index contributed by atoms with van der Waals surface area (Å²) in [5.41, 5.74) is 6.71. The molecule has 8 nitrogen and oxygen atoms in total. The Morgan fingerprint density at radius 1 is 1.39 bits per heavy atom. The summed E-state index contributed by atoms with van der Waals surface area (Å²) in [6.07, 6.45) is 7.66. The number of amides is 1. The normalized spacial score (nSPS) is 12.0. The Kier molecular flexibility index (Phi) is 5.36. The summed E-state index contributed by atoms with van der Waals surface area (Å²) in [7, 11) is 0. The van der Waals surface area contributed by atoms with Crippen LogP contribution < -0.4 is 10.5 Å². The van der Waals surface area contributed by atoms with Crippen molar-refractivity contribution in [2.24, 2.45) is 5.73 Å². The van der Waals surface area contributed by atoms with Gasteiger partial charge in [0.25, 0.3) is 0 Å². The highest BCUT2D eigenvalue weighted by molar-refractivity contribution is 5.93. The first-order valence-electron chi connectivity index (χ1n) is 8.56. The maximum Gasteiger partial charge on any atom is 0.250 e. The zero-order valence-corrected chi connectivity index (χ0v) is 15.4. The second-order valence-electron chi connectivity index (χ2n) is 6.85. The quantitative estimate of drug-likeness (QED) is 0.535. The average Bonchev–Trinajstić information content (AvgIpc) is 3.02. The molecule has 0 aliphatic heterocycles. The van der Waals surface area contributed by atoms with Gasteiger partial charge in [-0.25, -0.2) is 19.3 Å². The molecule has 9 heteroatoms. The van der Waals surface area contributed by atoms with Crippen molar-refractivity contribution in [3.63, 3.8) is 0 Å². The van der Waals surface area contributed by atoms with Gasteiger partial charge in [-0.05, 0) is 26.0 Å². The number of primary amides is 1. The van der Waals surface area contributed by atoms with Crippen molar-refractivity contribution in [1.29, 1.82) is 0 Å². The second kappa shape index (κ2) is 7.73. The van der Waals surface area contributed by atoms with E-state index in [2.05, 4.69) is 19.9 Å². The third-order valence-corrected chi connectivity index (χ3v) is 3.89. The number of fused-ring (bicyclic) bond motifs is 1. The van der Waals surface area contributed by atoms with E-state index in [1.807, 2.05) is 0 Å². The lowest BCUT2D eigenvalue weighted by Crippen LogP contribution is -2.22. The van der Waals surface area contributed by atoms with Crippen molar-refractivity contribution in [3.8, 4) is 17.1 Å².